The molecule has 2 rings (SSSR count). The number of hydrogen-bond acceptors (Lipinski definition) is 6. The lowest BCUT2D eigenvalue weighted by Gasteiger charge is -2.28. The van der Waals surface area contributed by atoms with Crippen LogP contribution in [0, 0.1) is 5.41 Å². The maximum Gasteiger partial charge on any atom is 0.265 e. The molecule has 0 atom stereocenters. The van der Waals surface area contributed by atoms with Crippen LogP contribution in [-0.4, -0.2) is 45.9 Å². The molecule has 0 spiro atoms. The van der Waals surface area contributed by atoms with Crippen LogP contribution in [0.2, 0.25) is 0 Å². The Hall–Kier alpha value is -1.28. The minimum absolute atomic E-state index is 0. The molecular weight excluding hydrogens is 357 g/mol. The summed E-state index contributed by atoms with van der Waals surface area (Å²) in [6.07, 6.45) is 4.88. The van der Waals surface area contributed by atoms with Gasteiger partial charge in [-0.1, -0.05) is 13.8 Å². The third kappa shape index (κ3) is 5.69. The molecule has 0 saturated heterocycles. The Morgan fingerprint density at radius 3 is 2.43 bits per heavy atom. The van der Waals surface area contributed by atoms with Crippen LogP contribution in [0.25, 0.3) is 10.8 Å². The van der Waals surface area contributed by atoms with Crippen molar-refractivity contribution >= 4 is 42.1 Å². The van der Waals surface area contributed by atoms with Gasteiger partial charge in [0, 0.05) is 26.0 Å². The highest BCUT2D eigenvalue weighted by Crippen LogP contribution is 2.23. The molecule has 0 fully saturated rings. The van der Waals surface area contributed by atoms with Crippen molar-refractivity contribution in [1.82, 2.24) is 19.9 Å². The Morgan fingerprint density at radius 2 is 1.87 bits per heavy atom. The molecule has 2 heterocycles. The second kappa shape index (κ2) is 9.12. The van der Waals surface area contributed by atoms with Gasteiger partial charge >= 0.3 is 0 Å². The molecule has 1 amide bonds. The Bertz CT molecular complexity index is 621. The lowest BCUT2D eigenvalue weighted by Crippen LogP contribution is -2.39. The number of carbonyl (C=O) groups excluding carboxylic acids is 1. The maximum absolute atomic E-state index is 12.4. The predicted octanol–water partition coefficient (Wildman–Crippen LogP) is 2.50. The standard InChI is InChI=1S/C14H19N5OS.2ClH/c1-14(2,8-15)9-19(3)13(20)10-7-18-12(21-10)11-16-5-4-6-17-11;;/h4-7H,8-9,15H2,1-3H3;2*1H. The average molecular weight is 378 g/mol. The molecule has 0 aliphatic rings. The van der Waals surface area contributed by atoms with Crippen LogP contribution in [0.15, 0.2) is 24.7 Å². The number of halogens is 2. The van der Waals surface area contributed by atoms with Crippen molar-refractivity contribution in [1.29, 1.82) is 0 Å². The number of rotatable bonds is 5. The summed E-state index contributed by atoms with van der Waals surface area (Å²) < 4.78 is 0. The van der Waals surface area contributed by atoms with Gasteiger partial charge in [0.25, 0.3) is 5.91 Å². The number of thiazole rings is 1. The highest BCUT2D eigenvalue weighted by Gasteiger charge is 2.23. The summed E-state index contributed by atoms with van der Waals surface area (Å²) in [6.45, 7) is 5.19. The van der Waals surface area contributed by atoms with Crippen molar-refractivity contribution in [2.75, 3.05) is 20.1 Å². The third-order valence-corrected chi connectivity index (χ3v) is 4.02. The molecule has 0 saturated carbocycles. The average Bonchev–Trinajstić information content (AvgIpc) is 2.96. The van der Waals surface area contributed by atoms with E-state index in [9.17, 15) is 4.79 Å². The van der Waals surface area contributed by atoms with Crippen molar-refractivity contribution in [2.24, 2.45) is 11.1 Å². The zero-order chi connectivity index (χ0) is 15.5. The van der Waals surface area contributed by atoms with Gasteiger partial charge in [-0.2, -0.15) is 0 Å². The van der Waals surface area contributed by atoms with E-state index in [0.717, 1.165) is 0 Å². The second-order valence-electron chi connectivity index (χ2n) is 5.63. The van der Waals surface area contributed by atoms with E-state index in [-0.39, 0.29) is 36.1 Å². The van der Waals surface area contributed by atoms with Gasteiger partial charge < -0.3 is 10.6 Å². The fourth-order valence-electron chi connectivity index (χ4n) is 1.85. The van der Waals surface area contributed by atoms with Gasteiger partial charge in [-0.15, -0.1) is 36.2 Å². The van der Waals surface area contributed by atoms with Crippen LogP contribution in [0.3, 0.4) is 0 Å². The van der Waals surface area contributed by atoms with Gasteiger partial charge in [0.2, 0.25) is 0 Å². The zero-order valence-electron chi connectivity index (χ0n) is 13.2. The topological polar surface area (TPSA) is 85.0 Å². The molecule has 0 radical (unpaired) electrons. The van der Waals surface area contributed by atoms with E-state index in [2.05, 4.69) is 15.0 Å². The number of hydrogen-bond donors (Lipinski definition) is 1. The molecule has 0 bridgehead atoms. The fourth-order valence-corrected chi connectivity index (χ4v) is 2.71. The number of amides is 1. The van der Waals surface area contributed by atoms with Gasteiger partial charge in [-0.3, -0.25) is 4.79 Å². The summed E-state index contributed by atoms with van der Waals surface area (Å²) in [5, 5.41) is 0.644. The van der Waals surface area contributed by atoms with Gasteiger partial charge in [0.15, 0.2) is 10.8 Å². The summed E-state index contributed by atoms with van der Waals surface area (Å²) in [5.41, 5.74) is 5.60. The van der Waals surface area contributed by atoms with Crippen LogP contribution in [0.4, 0.5) is 0 Å². The van der Waals surface area contributed by atoms with Crippen LogP contribution in [0.1, 0.15) is 23.5 Å². The SMILES string of the molecule is CN(CC(C)(C)CN)C(=O)c1cnc(-c2ncccn2)s1.Cl.Cl. The largest absolute Gasteiger partial charge is 0.340 e. The van der Waals surface area contributed by atoms with Crippen LogP contribution < -0.4 is 5.73 Å². The van der Waals surface area contributed by atoms with Crippen LogP contribution >= 0.6 is 36.2 Å². The predicted molar refractivity (Wildman–Crippen MR) is 97.4 cm³/mol. The first-order chi connectivity index (χ1) is 9.93. The molecule has 0 aromatic carbocycles. The summed E-state index contributed by atoms with van der Waals surface area (Å²) in [7, 11) is 1.78. The van der Waals surface area contributed by atoms with Gasteiger partial charge in [-0.25, -0.2) is 15.0 Å². The van der Waals surface area contributed by atoms with Crippen molar-refractivity contribution in [2.45, 2.75) is 13.8 Å². The molecule has 2 N–H and O–H groups in total. The molecule has 128 valence electrons. The highest BCUT2D eigenvalue weighted by atomic mass is 35.5. The van der Waals surface area contributed by atoms with Crippen LogP contribution in [-0.2, 0) is 0 Å². The smallest absolute Gasteiger partial charge is 0.265 e. The number of nitrogens with two attached hydrogens (primary N) is 1. The fraction of sp³-hybridized carbons (Fsp3) is 0.429. The normalized spacial score (nSPS) is 10.4. The molecule has 0 unspecified atom stereocenters. The molecule has 2 aromatic heterocycles. The van der Waals surface area contributed by atoms with Crippen molar-refractivity contribution < 1.29 is 4.79 Å². The molecular formula is C14H21Cl2N5OS. The Balaban J connectivity index is 0.00000242. The Kier molecular flexibility index (Phi) is 8.61. The van der Waals surface area contributed by atoms with E-state index in [1.165, 1.54) is 11.3 Å². The van der Waals surface area contributed by atoms with Gasteiger partial charge in [0.1, 0.15) is 4.88 Å². The molecule has 0 aliphatic carbocycles. The highest BCUT2D eigenvalue weighted by molar-refractivity contribution is 7.16. The molecule has 23 heavy (non-hydrogen) atoms. The lowest BCUT2D eigenvalue weighted by atomic mass is 9.93. The second-order valence-corrected chi connectivity index (χ2v) is 6.66. The molecule has 6 nitrogen and oxygen atoms in total. The minimum Gasteiger partial charge on any atom is -0.340 e. The third-order valence-electron chi connectivity index (χ3n) is 3.04. The van der Waals surface area contributed by atoms with Crippen molar-refractivity contribution in [3.8, 4) is 10.8 Å². The van der Waals surface area contributed by atoms with E-state index < -0.39 is 0 Å². The first-order valence-electron chi connectivity index (χ1n) is 6.62. The van der Waals surface area contributed by atoms with E-state index in [0.29, 0.717) is 28.8 Å². The van der Waals surface area contributed by atoms with Gasteiger partial charge in [0.05, 0.1) is 6.20 Å². The summed E-state index contributed by atoms with van der Waals surface area (Å²) in [5.74, 6) is 0.475. The van der Waals surface area contributed by atoms with E-state index in [1.54, 1.807) is 36.6 Å². The molecule has 9 heteroatoms. The Morgan fingerprint density at radius 1 is 1.26 bits per heavy atom. The van der Waals surface area contributed by atoms with Crippen molar-refractivity contribution in [3.05, 3.63) is 29.5 Å². The summed E-state index contributed by atoms with van der Waals surface area (Å²) in [4.78, 5) is 27.1. The molecule has 0 aliphatic heterocycles. The Labute approximate surface area is 152 Å². The zero-order valence-corrected chi connectivity index (χ0v) is 15.7. The molecule has 2 aromatic rings. The first-order valence-corrected chi connectivity index (χ1v) is 7.43. The van der Waals surface area contributed by atoms with Gasteiger partial charge in [-0.05, 0) is 18.0 Å². The van der Waals surface area contributed by atoms with E-state index >= 15 is 0 Å². The van der Waals surface area contributed by atoms with Crippen molar-refractivity contribution in [3.63, 3.8) is 0 Å². The first kappa shape index (κ1) is 21.7. The minimum atomic E-state index is -0.111. The van der Waals surface area contributed by atoms with E-state index in [1.807, 2.05) is 13.8 Å². The number of nitrogens with zero attached hydrogens (tertiary/aromatic N) is 4. The quantitative estimate of drug-likeness (QED) is 0.864. The lowest BCUT2D eigenvalue weighted by molar-refractivity contribution is 0.0745. The summed E-state index contributed by atoms with van der Waals surface area (Å²) in [6, 6.07) is 1.74. The van der Waals surface area contributed by atoms with E-state index in [4.69, 9.17) is 5.73 Å². The number of aromatic nitrogens is 3. The number of carbonyl (C=O) groups is 1. The monoisotopic (exact) mass is 377 g/mol. The maximum atomic E-state index is 12.4. The summed E-state index contributed by atoms with van der Waals surface area (Å²) >= 11 is 1.30. The van der Waals surface area contributed by atoms with Crippen LogP contribution in [0.5, 0.6) is 0 Å².